The molecule has 2 aromatic rings. The van der Waals surface area contributed by atoms with Gasteiger partial charge in [-0.15, -0.1) is 0 Å². The van der Waals surface area contributed by atoms with E-state index in [2.05, 4.69) is 32.4 Å². The summed E-state index contributed by atoms with van der Waals surface area (Å²) in [4.78, 5) is 4.57. The van der Waals surface area contributed by atoms with Crippen molar-refractivity contribution in [3.63, 3.8) is 0 Å². The number of hydrogen-bond donors (Lipinski definition) is 0. The van der Waals surface area contributed by atoms with Crippen LogP contribution in [0.5, 0.6) is 0 Å². The summed E-state index contributed by atoms with van der Waals surface area (Å²) in [6, 6.07) is 6.44. The van der Waals surface area contributed by atoms with Crippen molar-refractivity contribution >= 4 is 15.9 Å². The van der Waals surface area contributed by atoms with Gasteiger partial charge >= 0.3 is 0 Å². The summed E-state index contributed by atoms with van der Waals surface area (Å²) in [6.45, 7) is 3.52. The van der Waals surface area contributed by atoms with Crippen LogP contribution in [0.4, 0.5) is 4.39 Å². The monoisotopic (exact) mass is 324 g/mol. The van der Waals surface area contributed by atoms with Gasteiger partial charge in [0.25, 0.3) is 0 Å². The van der Waals surface area contributed by atoms with Gasteiger partial charge in [0.05, 0.1) is 24.9 Å². The molecule has 2 heterocycles. The first kappa shape index (κ1) is 12.8. The molecule has 19 heavy (non-hydrogen) atoms. The summed E-state index contributed by atoms with van der Waals surface area (Å²) < 4.78 is 21.7. The Balaban J connectivity index is 2.09. The lowest BCUT2D eigenvalue weighted by molar-refractivity contribution is 0.0666. The fourth-order valence-corrected chi connectivity index (χ4v) is 2.96. The van der Waals surface area contributed by atoms with E-state index >= 15 is 0 Å². The molecule has 0 bridgehead atoms. The molecule has 0 fully saturated rings. The average molecular weight is 325 g/mol. The fourth-order valence-electron chi connectivity index (χ4n) is 2.38. The van der Waals surface area contributed by atoms with Gasteiger partial charge in [-0.25, -0.2) is 9.37 Å². The van der Waals surface area contributed by atoms with E-state index in [1.807, 2.05) is 0 Å². The van der Waals surface area contributed by atoms with Crippen LogP contribution in [0.15, 0.2) is 28.9 Å². The molecule has 0 unspecified atom stereocenters. The van der Waals surface area contributed by atoms with Crippen LogP contribution in [-0.4, -0.2) is 22.3 Å². The molecular weight excluding hydrogens is 311 g/mol. The van der Waals surface area contributed by atoms with Crippen LogP contribution in [-0.2, 0) is 17.7 Å². The van der Waals surface area contributed by atoms with E-state index < -0.39 is 0 Å². The van der Waals surface area contributed by atoms with E-state index in [0.29, 0.717) is 6.61 Å². The Kier molecular flexibility index (Phi) is 3.41. The van der Waals surface area contributed by atoms with Crippen LogP contribution in [0.3, 0.4) is 0 Å². The van der Waals surface area contributed by atoms with E-state index in [4.69, 9.17) is 4.74 Å². The maximum Gasteiger partial charge on any atom is 0.141 e. The number of fused-ring (bicyclic) bond motifs is 1. The molecule has 0 saturated carbocycles. The van der Waals surface area contributed by atoms with Crippen LogP contribution in [0.25, 0.3) is 11.4 Å². The Morgan fingerprint density at radius 3 is 2.84 bits per heavy atom. The zero-order chi connectivity index (χ0) is 13.4. The van der Waals surface area contributed by atoms with Gasteiger partial charge in [0.2, 0.25) is 0 Å². The minimum absolute atomic E-state index is 0.154. The van der Waals surface area contributed by atoms with E-state index in [1.54, 1.807) is 12.1 Å². The van der Waals surface area contributed by atoms with E-state index in [0.717, 1.165) is 34.7 Å². The number of hydrogen-bond acceptors (Lipinski definition) is 2. The molecule has 3 rings (SSSR count). The zero-order valence-corrected chi connectivity index (χ0v) is 12.2. The summed E-state index contributed by atoms with van der Waals surface area (Å²) in [7, 11) is 0. The first-order valence-corrected chi connectivity index (χ1v) is 7.07. The molecule has 3 nitrogen and oxygen atoms in total. The minimum atomic E-state index is -0.234. The number of imidazole rings is 1. The Labute approximate surface area is 119 Å². The van der Waals surface area contributed by atoms with E-state index in [-0.39, 0.29) is 11.9 Å². The zero-order valence-electron chi connectivity index (χ0n) is 10.6. The molecule has 0 aliphatic carbocycles. The van der Waals surface area contributed by atoms with Gasteiger partial charge in [0.1, 0.15) is 16.2 Å². The predicted molar refractivity (Wildman–Crippen MR) is 74.4 cm³/mol. The molecule has 100 valence electrons. The summed E-state index contributed by atoms with van der Waals surface area (Å²) in [5.74, 6) is 0.626. The van der Waals surface area contributed by atoms with Gasteiger partial charge in [-0.2, -0.15) is 0 Å². The van der Waals surface area contributed by atoms with E-state index in [9.17, 15) is 4.39 Å². The molecule has 0 amide bonds. The quantitative estimate of drug-likeness (QED) is 0.803. The molecule has 1 aliphatic rings. The van der Waals surface area contributed by atoms with Gasteiger partial charge in [0.15, 0.2) is 0 Å². The second-order valence-electron chi connectivity index (χ2n) is 4.72. The van der Waals surface area contributed by atoms with Gasteiger partial charge in [-0.3, -0.25) is 0 Å². The van der Waals surface area contributed by atoms with Gasteiger partial charge < -0.3 is 9.30 Å². The average Bonchev–Trinajstić information content (AvgIpc) is 2.58. The molecule has 1 aromatic carbocycles. The smallest absolute Gasteiger partial charge is 0.141 e. The lowest BCUT2D eigenvalue weighted by atomic mass is 10.2. The maximum atomic E-state index is 13.0. The molecule has 1 atom stereocenters. The summed E-state index contributed by atoms with van der Waals surface area (Å²) >= 11 is 3.51. The number of nitrogens with zero attached hydrogens (tertiary/aromatic N) is 2. The lowest BCUT2D eigenvalue weighted by Gasteiger charge is -2.12. The second kappa shape index (κ2) is 5.06. The Morgan fingerprint density at radius 1 is 1.37 bits per heavy atom. The van der Waals surface area contributed by atoms with Crippen molar-refractivity contribution in [3.8, 4) is 11.4 Å². The topological polar surface area (TPSA) is 27.1 Å². The molecular formula is C14H14BrFN2O. The number of benzene rings is 1. The summed E-state index contributed by atoms with van der Waals surface area (Å²) in [6.07, 6.45) is 0.987. The predicted octanol–water partition coefficient (Wildman–Crippen LogP) is 3.41. The number of rotatable bonds is 1. The first-order chi connectivity index (χ1) is 9.15. The third-order valence-corrected chi connectivity index (χ3v) is 3.94. The standard InChI is InChI=1S/C14H14BrFN2O/c1-9-8-18-12(6-7-19-9)13(15)17-14(18)10-2-4-11(16)5-3-10/h2-5,9H,6-8H2,1H3/t9-/m1/s1. The number of halogens is 2. The number of ether oxygens (including phenoxy) is 1. The van der Waals surface area contributed by atoms with Crippen LogP contribution in [0, 0.1) is 5.82 Å². The van der Waals surface area contributed by atoms with E-state index in [1.165, 1.54) is 12.1 Å². The molecule has 1 aromatic heterocycles. The van der Waals surface area contributed by atoms with Gasteiger partial charge in [-0.1, -0.05) is 0 Å². The highest BCUT2D eigenvalue weighted by Crippen LogP contribution is 2.28. The third-order valence-electron chi connectivity index (χ3n) is 3.31. The second-order valence-corrected chi connectivity index (χ2v) is 5.47. The lowest BCUT2D eigenvalue weighted by Crippen LogP contribution is -2.14. The van der Waals surface area contributed by atoms with Crippen molar-refractivity contribution in [2.45, 2.75) is 26.0 Å². The highest BCUT2D eigenvalue weighted by Gasteiger charge is 2.21. The fraction of sp³-hybridized carbons (Fsp3) is 0.357. The molecule has 5 heteroatoms. The van der Waals surface area contributed by atoms with Crippen molar-refractivity contribution < 1.29 is 9.13 Å². The normalized spacial score (nSPS) is 19.0. The van der Waals surface area contributed by atoms with Crippen molar-refractivity contribution in [1.29, 1.82) is 0 Å². The highest BCUT2D eigenvalue weighted by atomic mass is 79.9. The highest BCUT2D eigenvalue weighted by molar-refractivity contribution is 9.10. The van der Waals surface area contributed by atoms with Crippen molar-refractivity contribution in [2.24, 2.45) is 0 Å². The molecule has 0 radical (unpaired) electrons. The Hall–Kier alpha value is -1.20. The minimum Gasteiger partial charge on any atom is -0.376 e. The Morgan fingerprint density at radius 2 is 2.11 bits per heavy atom. The summed E-state index contributed by atoms with van der Waals surface area (Å²) in [5, 5.41) is 0. The molecule has 1 aliphatic heterocycles. The SMILES string of the molecule is C[C@@H]1Cn2c(-c3ccc(F)cc3)nc(Br)c2CCO1. The number of aromatic nitrogens is 2. The largest absolute Gasteiger partial charge is 0.376 e. The van der Waals surface area contributed by atoms with Crippen molar-refractivity contribution in [3.05, 3.63) is 40.4 Å². The van der Waals surface area contributed by atoms with Crippen LogP contribution >= 0.6 is 15.9 Å². The first-order valence-electron chi connectivity index (χ1n) is 6.27. The van der Waals surface area contributed by atoms with Crippen LogP contribution in [0.1, 0.15) is 12.6 Å². The van der Waals surface area contributed by atoms with Crippen molar-refractivity contribution in [2.75, 3.05) is 6.61 Å². The molecule has 0 N–H and O–H groups in total. The third kappa shape index (κ3) is 2.44. The van der Waals surface area contributed by atoms with Crippen LogP contribution in [0.2, 0.25) is 0 Å². The summed E-state index contributed by atoms with van der Waals surface area (Å²) in [5.41, 5.74) is 2.06. The maximum absolute atomic E-state index is 13.0. The molecule has 0 saturated heterocycles. The van der Waals surface area contributed by atoms with Gasteiger partial charge in [-0.05, 0) is 47.1 Å². The Bertz CT molecular complexity index is 594. The van der Waals surface area contributed by atoms with Gasteiger partial charge in [0, 0.05) is 12.0 Å². The van der Waals surface area contributed by atoms with Crippen molar-refractivity contribution in [1.82, 2.24) is 9.55 Å². The molecule has 0 spiro atoms. The van der Waals surface area contributed by atoms with Crippen LogP contribution < -0.4 is 0 Å².